The second-order valence-corrected chi connectivity index (χ2v) is 9.01. The third kappa shape index (κ3) is 3.37. The van der Waals surface area contributed by atoms with E-state index in [2.05, 4.69) is 10.3 Å². The number of rotatable bonds is 6. The molecule has 0 aliphatic carbocycles. The molecule has 4 aromatic rings. The average molecular weight is 469 g/mol. The first-order chi connectivity index (χ1) is 15.9. The van der Waals surface area contributed by atoms with Gasteiger partial charge in [0.05, 0.1) is 22.6 Å². The summed E-state index contributed by atoms with van der Waals surface area (Å²) in [5.41, 5.74) is 5.76. The Hall–Kier alpha value is -3.66. The minimum absolute atomic E-state index is 0.0719. The lowest BCUT2D eigenvalue weighted by Gasteiger charge is -2.29. The molecule has 0 radical (unpaired) electrons. The Morgan fingerprint density at radius 1 is 1.42 bits per heavy atom. The molecule has 8 nitrogen and oxygen atoms in total. The van der Waals surface area contributed by atoms with Crippen molar-refractivity contribution in [1.82, 2.24) is 9.55 Å². The molecule has 5 rings (SSSR count). The van der Waals surface area contributed by atoms with Gasteiger partial charge in [-0.25, -0.2) is 9.18 Å². The molecule has 0 amide bonds. The van der Waals surface area contributed by atoms with Gasteiger partial charge in [-0.05, 0) is 13.0 Å². The summed E-state index contributed by atoms with van der Waals surface area (Å²) < 4.78 is 22.7. The van der Waals surface area contributed by atoms with Crippen molar-refractivity contribution in [2.45, 2.75) is 17.9 Å². The number of benzene rings is 2. The number of thioether (sulfide) groups is 1. The summed E-state index contributed by atoms with van der Waals surface area (Å²) in [6.45, 7) is 2.44. The Balaban J connectivity index is 1.49. The van der Waals surface area contributed by atoms with Crippen molar-refractivity contribution in [1.29, 1.82) is 0 Å². The van der Waals surface area contributed by atoms with E-state index in [0.29, 0.717) is 17.8 Å². The van der Waals surface area contributed by atoms with Gasteiger partial charge in [-0.1, -0.05) is 18.2 Å². The van der Waals surface area contributed by atoms with Crippen LogP contribution in [0.25, 0.3) is 21.8 Å². The summed E-state index contributed by atoms with van der Waals surface area (Å²) in [6.07, 6.45) is 3.22. The highest BCUT2D eigenvalue weighted by Crippen LogP contribution is 2.43. The van der Waals surface area contributed by atoms with Crippen molar-refractivity contribution in [2.75, 3.05) is 30.0 Å². The zero-order valence-corrected chi connectivity index (χ0v) is 18.5. The summed E-state index contributed by atoms with van der Waals surface area (Å²) in [4.78, 5) is 28.7. The fourth-order valence-corrected chi connectivity index (χ4v) is 5.06. The van der Waals surface area contributed by atoms with E-state index in [4.69, 9.17) is 10.5 Å². The maximum Gasteiger partial charge on any atom is 0.341 e. The normalized spacial score (nSPS) is 15.0. The molecule has 0 fully saturated rings. The number of anilines is 2. The SMILES string of the molecule is CC1COc2c(NCCSc3c[nH]c4ccccc34)c(F)c(N)c3c(=O)c(C(=O)O)cn1c23. The molecule has 5 N–H and O–H groups in total. The third-order valence-electron chi connectivity index (χ3n) is 5.79. The molecule has 170 valence electrons. The van der Waals surface area contributed by atoms with Crippen LogP contribution in [0.5, 0.6) is 5.75 Å². The first-order valence-corrected chi connectivity index (χ1v) is 11.4. The number of para-hydroxylation sites is 1. The topological polar surface area (TPSA) is 122 Å². The Bertz CT molecular complexity index is 1480. The van der Waals surface area contributed by atoms with Crippen LogP contribution in [0.3, 0.4) is 0 Å². The zero-order chi connectivity index (χ0) is 23.3. The van der Waals surface area contributed by atoms with Crippen molar-refractivity contribution < 1.29 is 19.0 Å². The van der Waals surface area contributed by atoms with E-state index in [-0.39, 0.29) is 35.2 Å². The molecule has 1 atom stereocenters. The smallest absolute Gasteiger partial charge is 0.341 e. The predicted octanol–water partition coefficient (Wildman–Crippen LogP) is 4.06. The van der Waals surface area contributed by atoms with Gasteiger partial charge in [-0.2, -0.15) is 0 Å². The number of carboxylic acid groups (broad SMARTS) is 1. The number of fused-ring (bicyclic) bond motifs is 1. The molecule has 3 heterocycles. The molecule has 1 aliphatic heterocycles. The van der Waals surface area contributed by atoms with E-state index >= 15 is 4.39 Å². The number of ether oxygens (including phenoxy) is 1. The minimum atomic E-state index is -1.39. The molecule has 1 unspecified atom stereocenters. The van der Waals surface area contributed by atoms with E-state index in [1.165, 1.54) is 6.20 Å². The maximum atomic E-state index is 15.3. The molecule has 0 bridgehead atoms. The summed E-state index contributed by atoms with van der Waals surface area (Å²) >= 11 is 1.62. The number of nitrogens with one attached hydrogen (secondary N) is 2. The number of hydrogen-bond donors (Lipinski definition) is 4. The Labute approximate surface area is 191 Å². The van der Waals surface area contributed by atoms with Crippen LogP contribution < -0.4 is 21.2 Å². The van der Waals surface area contributed by atoms with Crippen molar-refractivity contribution in [3.8, 4) is 5.75 Å². The van der Waals surface area contributed by atoms with Crippen molar-refractivity contribution >= 4 is 50.9 Å². The van der Waals surface area contributed by atoms with Gasteiger partial charge in [0.1, 0.15) is 17.9 Å². The summed E-state index contributed by atoms with van der Waals surface area (Å²) in [5.74, 6) is -1.40. The highest BCUT2D eigenvalue weighted by atomic mass is 32.2. The lowest BCUT2D eigenvalue weighted by atomic mass is 10.0. The van der Waals surface area contributed by atoms with E-state index in [1.807, 2.05) is 37.4 Å². The quantitative estimate of drug-likeness (QED) is 0.191. The van der Waals surface area contributed by atoms with Crippen LogP contribution in [0, 0.1) is 5.82 Å². The standard InChI is InChI=1S/C23H21FN4O4S/c1-11-10-32-22-19(26-6-7-33-15-8-27-14-5-3-2-4-12(14)15)17(24)18(25)16-20(22)28(11)9-13(21(16)29)23(30)31/h2-5,8-9,11,26-27H,6-7,10,25H2,1H3,(H,30,31). The second-order valence-electron chi connectivity index (χ2n) is 7.87. The van der Waals surface area contributed by atoms with E-state index in [1.54, 1.807) is 16.3 Å². The number of H-pyrrole nitrogens is 1. The average Bonchev–Trinajstić information content (AvgIpc) is 3.21. The molecule has 2 aromatic heterocycles. The first-order valence-electron chi connectivity index (χ1n) is 10.4. The van der Waals surface area contributed by atoms with E-state index in [9.17, 15) is 14.7 Å². The number of nitrogens with two attached hydrogens (primary N) is 1. The Morgan fingerprint density at radius 2 is 2.21 bits per heavy atom. The van der Waals surface area contributed by atoms with Crippen molar-refractivity contribution in [3.05, 3.63) is 58.3 Å². The maximum absolute atomic E-state index is 15.3. The van der Waals surface area contributed by atoms with Crippen LogP contribution >= 0.6 is 11.8 Å². The van der Waals surface area contributed by atoms with Gasteiger partial charge in [-0.15, -0.1) is 11.8 Å². The monoisotopic (exact) mass is 468 g/mol. The molecule has 10 heteroatoms. The molecule has 1 aliphatic rings. The molecule has 0 saturated heterocycles. The highest BCUT2D eigenvalue weighted by molar-refractivity contribution is 7.99. The fraction of sp³-hybridized carbons (Fsp3) is 0.217. The number of nitrogen functional groups attached to an aromatic ring is 1. The molecule has 33 heavy (non-hydrogen) atoms. The largest absolute Gasteiger partial charge is 0.487 e. The van der Waals surface area contributed by atoms with Gasteiger partial charge in [0.15, 0.2) is 11.6 Å². The number of aromatic amines is 1. The highest BCUT2D eigenvalue weighted by Gasteiger charge is 2.30. The van der Waals surface area contributed by atoms with Gasteiger partial charge in [-0.3, -0.25) is 4.79 Å². The first kappa shape index (κ1) is 21.2. The van der Waals surface area contributed by atoms with Crippen LogP contribution in [-0.2, 0) is 0 Å². The minimum Gasteiger partial charge on any atom is -0.487 e. The molecule has 0 spiro atoms. The fourth-order valence-electron chi connectivity index (χ4n) is 4.16. The molecular weight excluding hydrogens is 447 g/mol. The lowest BCUT2D eigenvalue weighted by Crippen LogP contribution is -2.28. The molecule has 2 aromatic carbocycles. The Kier molecular flexibility index (Phi) is 5.16. The van der Waals surface area contributed by atoms with Gasteiger partial charge in [0.2, 0.25) is 5.43 Å². The predicted molar refractivity (Wildman–Crippen MR) is 127 cm³/mol. The summed E-state index contributed by atoms with van der Waals surface area (Å²) in [7, 11) is 0. The van der Waals surface area contributed by atoms with Gasteiger partial charge < -0.3 is 30.4 Å². The molecular formula is C23H21FN4O4S. The summed E-state index contributed by atoms with van der Waals surface area (Å²) in [6, 6.07) is 7.73. The number of aromatic nitrogens is 2. The van der Waals surface area contributed by atoms with Crippen molar-refractivity contribution in [3.63, 3.8) is 0 Å². The zero-order valence-electron chi connectivity index (χ0n) is 17.6. The van der Waals surface area contributed by atoms with Crippen LogP contribution in [0.4, 0.5) is 15.8 Å². The molecule has 0 saturated carbocycles. The van der Waals surface area contributed by atoms with Crippen LogP contribution in [0.1, 0.15) is 23.3 Å². The number of pyridine rings is 1. The van der Waals surface area contributed by atoms with Crippen LogP contribution in [0.15, 0.2) is 46.3 Å². The van der Waals surface area contributed by atoms with Crippen LogP contribution in [-0.4, -0.2) is 39.5 Å². The van der Waals surface area contributed by atoms with E-state index in [0.717, 1.165) is 15.8 Å². The Morgan fingerprint density at radius 3 is 3.00 bits per heavy atom. The van der Waals surface area contributed by atoms with Gasteiger partial charge in [0, 0.05) is 40.5 Å². The summed E-state index contributed by atoms with van der Waals surface area (Å²) in [5, 5.41) is 13.4. The number of carboxylic acids is 1. The third-order valence-corrected chi connectivity index (χ3v) is 6.85. The second kappa shape index (κ2) is 8.04. The van der Waals surface area contributed by atoms with E-state index < -0.39 is 22.8 Å². The number of nitrogens with zero attached hydrogens (tertiary/aromatic N) is 1. The number of hydrogen-bond acceptors (Lipinski definition) is 6. The number of aromatic carboxylic acids is 1. The van der Waals surface area contributed by atoms with Gasteiger partial charge >= 0.3 is 5.97 Å². The lowest BCUT2D eigenvalue weighted by molar-refractivity contribution is 0.0694. The number of halogens is 1. The number of carbonyl (C=O) groups is 1. The van der Waals surface area contributed by atoms with Crippen molar-refractivity contribution in [2.24, 2.45) is 0 Å². The van der Waals surface area contributed by atoms with Gasteiger partial charge in [0.25, 0.3) is 0 Å². The van der Waals surface area contributed by atoms with Crippen LogP contribution in [0.2, 0.25) is 0 Å².